The van der Waals surface area contributed by atoms with E-state index in [-0.39, 0.29) is 0 Å². The molecule has 0 atom stereocenters. The van der Waals surface area contributed by atoms with E-state index in [9.17, 15) is 0 Å². The van der Waals surface area contributed by atoms with Gasteiger partial charge < -0.3 is 9.47 Å². The minimum Gasteiger partial charge on any atom is -0.502 e. The lowest BCUT2D eigenvalue weighted by molar-refractivity contribution is 0.230. The maximum absolute atomic E-state index is 4.97. The summed E-state index contributed by atoms with van der Waals surface area (Å²) in [5.74, 6) is 1.56. The molecule has 0 saturated heterocycles. The smallest absolute Gasteiger partial charge is 0.126 e. The van der Waals surface area contributed by atoms with Crippen LogP contribution in [0.3, 0.4) is 0 Å². The van der Waals surface area contributed by atoms with Crippen molar-refractivity contribution in [1.29, 1.82) is 0 Å². The van der Waals surface area contributed by atoms with Crippen LogP contribution in [0.1, 0.15) is 20.3 Å². The largest absolute Gasteiger partial charge is 0.502 e. The highest BCUT2D eigenvalue weighted by molar-refractivity contribution is 5.21. The number of benzene rings is 1. The van der Waals surface area contributed by atoms with Crippen molar-refractivity contribution in [3.63, 3.8) is 0 Å². The van der Waals surface area contributed by atoms with Crippen molar-refractivity contribution in [1.82, 2.24) is 0 Å². The Bertz CT molecular complexity index is 291. The lowest BCUT2D eigenvalue weighted by Gasteiger charge is -2.01. The van der Waals surface area contributed by atoms with Crippen LogP contribution < -0.4 is 4.74 Å². The van der Waals surface area contributed by atoms with Crippen LogP contribution in [-0.2, 0) is 4.74 Å². The lowest BCUT2D eigenvalue weighted by Crippen LogP contribution is -1.93. The Morgan fingerprint density at radius 2 is 1.76 bits per heavy atom. The van der Waals surface area contributed by atoms with Gasteiger partial charge in [-0.25, -0.2) is 0 Å². The molecule has 0 unspecified atom stereocenters. The number of ether oxygens (including phenoxy) is 2. The third kappa shape index (κ3) is 10.6. The molecular weight excluding hydrogens is 212 g/mol. The molecule has 0 radical (unpaired) electrons. The van der Waals surface area contributed by atoms with Crippen molar-refractivity contribution in [3.8, 4) is 5.75 Å². The molecule has 0 aliphatic rings. The summed E-state index contributed by atoms with van der Waals surface area (Å²) in [6.07, 6.45) is 4.02. The van der Waals surface area contributed by atoms with E-state index >= 15 is 0 Å². The van der Waals surface area contributed by atoms with E-state index in [0.717, 1.165) is 24.7 Å². The van der Waals surface area contributed by atoms with E-state index in [1.54, 1.807) is 0 Å². The van der Waals surface area contributed by atoms with Crippen LogP contribution in [0.5, 0.6) is 5.75 Å². The SMILES string of the molecule is C=COCCC(C)C.C=COc1ccccc1. The fourth-order valence-electron chi connectivity index (χ4n) is 0.982. The monoisotopic (exact) mass is 234 g/mol. The highest BCUT2D eigenvalue weighted by atomic mass is 16.5. The predicted molar refractivity (Wildman–Crippen MR) is 72.9 cm³/mol. The van der Waals surface area contributed by atoms with Crippen LogP contribution in [0.2, 0.25) is 0 Å². The normalized spacial score (nSPS) is 8.88. The van der Waals surface area contributed by atoms with Gasteiger partial charge in [0.2, 0.25) is 0 Å². The Labute approximate surface area is 105 Å². The van der Waals surface area contributed by atoms with E-state index in [1.807, 2.05) is 30.3 Å². The Hall–Kier alpha value is -1.70. The molecule has 1 rings (SSSR count). The standard InChI is InChI=1S/C8H8O.C7H14O/c1-2-9-8-6-4-3-5-7-8;1-4-8-6-5-7(2)3/h2-7H,1H2;4,7H,1,5-6H2,2-3H3. The molecule has 0 aliphatic heterocycles. The highest BCUT2D eigenvalue weighted by Gasteiger charge is 1.90. The summed E-state index contributed by atoms with van der Waals surface area (Å²) < 4.78 is 9.88. The molecule has 1 aromatic carbocycles. The zero-order chi connectivity index (χ0) is 12.9. The Kier molecular flexibility index (Phi) is 9.73. The fourth-order valence-corrected chi connectivity index (χ4v) is 0.982. The average molecular weight is 234 g/mol. The minimum absolute atomic E-state index is 0.731. The number of hydrogen-bond donors (Lipinski definition) is 0. The first kappa shape index (κ1) is 15.3. The molecule has 0 bridgehead atoms. The second-order valence-electron chi connectivity index (χ2n) is 3.82. The minimum atomic E-state index is 0.731. The van der Waals surface area contributed by atoms with Crippen LogP contribution in [0.4, 0.5) is 0 Å². The summed E-state index contributed by atoms with van der Waals surface area (Å²) in [6.45, 7) is 12.0. The van der Waals surface area contributed by atoms with E-state index in [4.69, 9.17) is 9.47 Å². The molecule has 0 amide bonds. The lowest BCUT2D eigenvalue weighted by atomic mass is 10.1. The number of hydrogen-bond acceptors (Lipinski definition) is 2. The van der Waals surface area contributed by atoms with Crippen LogP contribution in [-0.4, -0.2) is 6.61 Å². The first-order valence-electron chi connectivity index (χ1n) is 5.75. The molecule has 0 N–H and O–H groups in total. The van der Waals surface area contributed by atoms with Crippen LogP contribution >= 0.6 is 0 Å². The quantitative estimate of drug-likeness (QED) is 0.536. The first-order valence-corrected chi connectivity index (χ1v) is 5.75. The Morgan fingerprint density at radius 3 is 2.24 bits per heavy atom. The molecule has 0 aromatic heterocycles. The fraction of sp³-hybridized carbons (Fsp3) is 0.333. The number of para-hydroxylation sites is 1. The van der Waals surface area contributed by atoms with E-state index in [0.29, 0.717) is 0 Å². The van der Waals surface area contributed by atoms with Gasteiger partial charge in [0.1, 0.15) is 5.75 Å². The van der Waals surface area contributed by atoms with Gasteiger partial charge in [0.15, 0.2) is 0 Å². The summed E-state index contributed by atoms with van der Waals surface area (Å²) in [7, 11) is 0. The summed E-state index contributed by atoms with van der Waals surface area (Å²) in [6, 6.07) is 9.52. The summed E-state index contributed by atoms with van der Waals surface area (Å²) in [4.78, 5) is 0. The molecule has 2 nitrogen and oxygen atoms in total. The van der Waals surface area contributed by atoms with Gasteiger partial charge in [-0.1, -0.05) is 45.2 Å². The topological polar surface area (TPSA) is 18.5 Å². The predicted octanol–water partition coefficient (Wildman–Crippen LogP) is 4.40. The van der Waals surface area contributed by atoms with Crippen molar-refractivity contribution >= 4 is 0 Å². The van der Waals surface area contributed by atoms with Crippen molar-refractivity contribution in [2.45, 2.75) is 20.3 Å². The van der Waals surface area contributed by atoms with Gasteiger partial charge in [0.05, 0.1) is 19.1 Å². The zero-order valence-electron chi connectivity index (χ0n) is 10.8. The molecule has 0 aliphatic carbocycles. The average Bonchev–Trinajstić information content (AvgIpc) is 2.32. The maximum Gasteiger partial charge on any atom is 0.126 e. The molecule has 1 aromatic rings. The van der Waals surface area contributed by atoms with E-state index < -0.39 is 0 Å². The number of rotatable bonds is 6. The van der Waals surface area contributed by atoms with Crippen molar-refractivity contribution in [3.05, 3.63) is 56.0 Å². The van der Waals surface area contributed by atoms with Gasteiger partial charge in [0.25, 0.3) is 0 Å². The summed E-state index contributed by atoms with van der Waals surface area (Å²) >= 11 is 0. The zero-order valence-corrected chi connectivity index (χ0v) is 10.8. The first-order chi connectivity index (χ1) is 8.20. The molecular formula is C15H22O2. The second-order valence-corrected chi connectivity index (χ2v) is 3.82. The molecule has 0 saturated carbocycles. The molecule has 0 heterocycles. The van der Waals surface area contributed by atoms with Gasteiger partial charge in [-0.2, -0.15) is 0 Å². The Morgan fingerprint density at radius 1 is 1.12 bits per heavy atom. The van der Waals surface area contributed by atoms with Gasteiger partial charge in [-0.3, -0.25) is 0 Å². The third-order valence-corrected chi connectivity index (χ3v) is 1.89. The van der Waals surface area contributed by atoms with Crippen molar-refractivity contribution in [2.24, 2.45) is 5.92 Å². The van der Waals surface area contributed by atoms with Crippen LogP contribution in [0, 0.1) is 5.92 Å². The van der Waals surface area contributed by atoms with Crippen molar-refractivity contribution in [2.75, 3.05) is 6.61 Å². The van der Waals surface area contributed by atoms with Crippen LogP contribution in [0.15, 0.2) is 56.0 Å². The molecule has 17 heavy (non-hydrogen) atoms. The summed E-state index contributed by atoms with van der Waals surface area (Å²) in [5, 5.41) is 0. The molecule has 2 heteroatoms. The van der Waals surface area contributed by atoms with Gasteiger partial charge in [0, 0.05) is 0 Å². The summed E-state index contributed by atoms with van der Waals surface area (Å²) in [5.41, 5.74) is 0. The molecule has 0 fully saturated rings. The van der Waals surface area contributed by atoms with E-state index in [1.165, 1.54) is 12.5 Å². The van der Waals surface area contributed by atoms with Gasteiger partial charge in [-0.15, -0.1) is 0 Å². The van der Waals surface area contributed by atoms with Crippen molar-refractivity contribution < 1.29 is 9.47 Å². The molecule has 0 spiro atoms. The Balaban J connectivity index is 0.000000304. The van der Waals surface area contributed by atoms with Crippen LogP contribution in [0.25, 0.3) is 0 Å². The highest BCUT2D eigenvalue weighted by Crippen LogP contribution is 2.07. The maximum atomic E-state index is 4.97. The van der Waals surface area contributed by atoms with Gasteiger partial charge in [-0.05, 0) is 24.5 Å². The van der Waals surface area contributed by atoms with Gasteiger partial charge >= 0.3 is 0 Å². The second kappa shape index (κ2) is 10.8. The van der Waals surface area contributed by atoms with E-state index in [2.05, 4.69) is 27.0 Å². The third-order valence-electron chi connectivity index (χ3n) is 1.89. The molecule has 94 valence electrons.